The number of benzene rings is 1. The van der Waals surface area contributed by atoms with Gasteiger partial charge in [0.05, 0.1) is 18.2 Å². The van der Waals surface area contributed by atoms with Gasteiger partial charge in [-0.25, -0.2) is 9.07 Å². The second-order valence-corrected chi connectivity index (χ2v) is 5.53. The van der Waals surface area contributed by atoms with Gasteiger partial charge in [0.25, 0.3) is 0 Å². The predicted molar refractivity (Wildman–Crippen MR) is 84.6 cm³/mol. The molecular weight excluding hydrogens is 313 g/mol. The molecule has 0 fully saturated rings. The zero-order valence-electron chi connectivity index (χ0n) is 13.7. The summed E-state index contributed by atoms with van der Waals surface area (Å²) in [5, 5.41) is 22.3. The first kappa shape index (κ1) is 16.0. The summed E-state index contributed by atoms with van der Waals surface area (Å²) in [5.74, 6) is 1.03. The van der Waals surface area contributed by atoms with Gasteiger partial charge in [0.15, 0.2) is 5.82 Å². The zero-order valence-corrected chi connectivity index (χ0v) is 13.7. The van der Waals surface area contributed by atoms with Crippen LogP contribution in [0.4, 0.5) is 10.1 Å². The van der Waals surface area contributed by atoms with Gasteiger partial charge in [-0.05, 0) is 42.5 Å². The van der Waals surface area contributed by atoms with Crippen molar-refractivity contribution < 1.29 is 8.81 Å². The summed E-state index contributed by atoms with van der Waals surface area (Å²) in [7, 11) is 0. The van der Waals surface area contributed by atoms with E-state index in [2.05, 4.69) is 31.0 Å². The molecule has 2 aromatic heterocycles. The number of rotatable bonds is 6. The van der Waals surface area contributed by atoms with Crippen LogP contribution in [0.25, 0.3) is 11.4 Å². The van der Waals surface area contributed by atoms with Gasteiger partial charge in [0.2, 0.25) is 11.8 Å². The van der Waals surface area contributed by atoms with E-state index >= 15 is 0 Å². The van der Waals surface area contributed by atoms with Crippen LogP contribution in [0.15, 0.2) is 22.6 Å². The molecule has 0 radical (unpaired) electrons. The number of aryl methyl sites for hydroxylation is 1. The predicted octanol–water partition coefficient (Wildman–Crippen LogP) is 2.62. The molecule has 0 aliphatic rings. The molecule has 0 amide bonds. The smallest absolute Gasteiger partial charge is 0.235 e. The fourth-order valence-electron chi connectivity index (χ4n) is 2.21. The molecule has 1 aromatic carbocycles. The summed E-state index contributed by atoms with van der Waals surface area (Å²) in [6.45, 7) is 6.13. The van der Waals surface area contributed by atoms with Gasteiger partial charge in [0, 0.05) is 12.1 Å². The lowest BCUT2D eigenvalue weighted by Crippen LogP contribution is -2.06. The van der Waals surface area contributed by atoms with E-state index in [1.54, 1.807) is 16.8 Å². The van der Waals surface area contributed by atoms with Crippen molar-refractivity contribution in [2.24, 2.45) is 0 Å². The normalized spacial score (nSPS) is 11.2. The fourth-order valence-corrected chi connectivity index (χ4v) is 2.21. The number of hydrogen-bond acceptors (Lipinski definition) is 7. The van der Waals surface area contributed by atoms with Crippen molar-refractivity contribution in [2.75, 3.05) is 5.32 Å². The average molecular weight is 331 g/mol. The van der Waals surface area contributed by atoms with Crippen LogP contribution in [0, 0.1) is 5.82 Å². The number of anilines is 1. The second kappa shape index (κ2) is 6.73. The van der Waals surface area contributed by atoms with Crippen LogP contribution in [0.5, 0.6) is 0 Å². The van der Waals surface area contributed by atoms with Crippen LogP contribution in [0.3, 0.4) is 0 Å². The van der Waals surface area contributed by atoms with Gasteiger partial charge >= 0.3 is 0 Å². The highest BCUT2D eigenvalue weighted by atomic mass is 19.1. The molecular formula is C15H18FN7O. The quantitative estimate of drug-likeness (QED) is 0.742. The van der Waals surface area contributed by atoms with Gasteiger partial charge in [-0.15, -0.1) is 15.3 Å². The highest BCUT2D eigenvalue weighted by Gasteiger charge is 2.16. The molecule has 2 heterocycles. The lowest BCUT2D eigenvalue weighted by atomic mass is 10.1. The van der Waals surface area contributed by atoms with Crippen molar-refractivity contribution in [3.8, 4) is 11.4 Å². The van der Waals surface area contributed by atoms with Gasteiger partial charge in [-0.3, -0.25) is 0 Å². The van der Waals surface area contributed by atoms with Crippen LogP contribution in [0.2, 0.25) is 0 Å². The zero-order chi connectivity index (χ0) is 17.1. The van der Waals surface area contributed by atoms with E-state index < -0.39 is 5.82 Å². The van der Waals surface area contributed by atoms with Gasteiger partial charge in [-0.2, -0.15) is 0 Å². The van der Waals surface area contributed by atoms with E-state index in [0.717, 1.165) is 0 Å². The van der Waals surface area contributed by atoms with Crippen LogP contribution >= 0.6 is 0 Å². The number of nitrogens with zero attached hydrogens (tertiary/aromatic N) is 6. The highest BCUT2D eigenvalue weighted by Crippen LogP contribution is 2.25. The first-order valence-corrected chi connectivity index (χ1v) is 7.71. The molecule has 3 aromatic rings. The Morgan fingerprint density at radius 2 is 2.00 bits per heavy atom. The lowest BCUT2D eigenvalue weighted by Gasteiger charge is -2.10. The van der Waals surface area contributed by atoms with Crippen LogP contribution < -0.4 is 5.32 Å². The molecule has 24 heavy (non-hydrogen) atoms. The van der Waals surface area contributed by atoms with Crippen molar-refractivity contribution >= 4 is 5.69 Å². The summed E-state index contributed by atoms with van der Waals surface area (Å²) in [4.78, 5) is 0. The van der Waals surface area contributed by atoms with E-state index in [-0.39, 0.29) is 6.04 Å². The van der Waals surface area contributed by atoms with Crippen molar-refractivity contribution in [1.82, 2.24) is 30.4 Å². The molecule has 9 heteroatoms. The van der Waals surface area contributed by atoms with Crippen molar-refractivity contribution in [1.29, 1.82) is 0 Å². The van der Waals surface area contributed by atoms with E-state index in [4.69, 9.17) is 4.42 Å². The molecule has 8 nitrogen and oxygen atoms in total. The fraction of sp³-hybridized carbons (Fsp3) is 0.400. The third kappa shape index (κ3) is 3.24. The minimum atomic E-state index is -0.406. The Kier molecular flexibility index (Phi) is 4.50. The second-order valence-electron chi connectivity index (χ2n) is 5.53. The van der Waals surface area contributed by atoms with E-state index in [1.165, 1.54) is 6.07 Å². The first-order valence-electron chi connectivity index (χ1n) is 7.71. The molecule has 3 rings (SSSR count). The Labute approximate surface area is 138 Å². The summed E-state index contributed by atoms with van der Waals surface area (Å²) in [6.07, 6.45) is 0.681. The molecule has 126 valence electrons. The Balaban J connectivity index is 1.76. The van der Waals surface area contributed by atoms with Crippen molar-refractivity contribution in [2.45, 2.75) is 39.8 Å². The Morgan fingerprint density at radius 3 is 2.67 bits per heavy atom. The van der Waals surface area contributed by atoms with Crippen LogP contribution in [-0.2, 0) is 13.0 Å². The number of nitrogens with one attached hydrogen (secondary N) is 1. The number of halogens is 1. The molecule has 0 atom stereocenters. The maximum atomic E-state index is 14.4. The number of tetrazole rings is 1. The van der Waals surface area contributed by atoms with E-state index in [1.807, 2.05) is 20.8 Å². The number of hydrogen-bond donors (Lipinski definition) is 1. The van der Waals surface area contributed by atoms with Crippen molar-refractivity contribution in [3.63, 3.8) is 0 Å². The molecule has 1 N–H and O–H groups in total. The Bertz CT molecular complexity index is 827. The van der Waals surface area contributed by atoms with Crippen molar-refractivity contribution in [3.05, 3.63) is 35.8 Å². The van der Waals surface area contributed by atoms with E-state index in [9.17, 15) is 4.39 Å². The first-order chi connectivity index (χ1) is 11.6. The number of aromatic nitrogens is 6. The van der Waals surface area contributed by atoms with E-state index in [0.29, 0.717) is 41.8 Å². The standard InChI is InChI=1S/C15H18FN7O/c1-4-13-18-19-14(24-13)8-17-10-5-6-11(12(16)7-10)15-20-21-22-23(15)9(2)3/h5-7,9,17H,4,8H2,1-3H3. The molecule has 0 spiro atoms. The summed E-state index contributed by atoms with van der Waals surface area (Å²) in [6, 6.07) is 4.84. The molecule has 0 unspecified atom stereocenters. The van der Waals surface area contributed by atoms with Gasteiger partial charge < -0.3 is 9.73 Å². The maximum Gasteiger partial charge on any atom is 0.235 e. The summed E-state index contributed by atoms with van der Waals surface area (Å²) in [5.41, 5.74) is 0.960. The Hall–Kier alpha value is -2.84. The molecule has 0 saturated heterocycles. The molecule has 0 bridgehead atoms. The summed E-state index contributed by atoms with van der Waals surface area (Å²) >= 11 is 0. The van der Waals surface area contributed by atoms with Crippen LogP contribution in [-0.4, -0.2) is 30.4 Å². The highest BCUT2D eigenvalue weighted by molar-refractivity contribution is 5.60. The molecule has 0 saturated carbocycles. The van der Waals surface area contributed by atoms with Crippen LogP contribution in [0.1, 0.15) is 38.6 Å². The minimum absolute atomic E-state index is 0.0393. The third-order valence-electron chi connectivity index (χ3n) is 3.45. The maximum absolute atomic E-state index is 14.4. The van der Waals surface area contributed by atoms with Gasteiger partial charge in [-0.1, -0.05) is 6.92 Å². The monoisotopic (exact) mass is 331 g/mol. The SMILES string of the molecule is CCc1nnc(CNc2ccc(-c3nnnn3C(C)C)c(F)c2)o1. The molecule has 0 aliphatic heterocycles. The summed E-state index contributed by atoms with van der Waals surface area (Å²) < 4.78 is 21.4. The Morgan fingerprint density at radius 1 is 1.21 bits per heavy atom. The third-order valence-corrected chi connectivity index (χ3v) is 3.45. The largest absolute Gasteiger partial charge is 0.423 e. The average Bonchev–Trinajstić information content (AvgIpc) is 3.22. The molecule has 0 aliphatic carbocycles. The topological polar surface area (TPSA) is 94.5 Å². The lowest BCUT2D eigenvalue weighted by molar-refractivity contribution is 0.460. The van der Waals surface area contributed by atoms with Gasteiger partial charge in [0.1, 0.15) is 5.82 Å². The minimum Gasteiger partial charge on any atom is -0.423 e.